The molecule has 0 bridgehead atoms. The molecule has 2 saturated carbocycles. The van der Waals surface area contributed by atoms with Gasteiger partial charge in [0.1, 0.15) is 0 Å². The summed E-state index contributed by atoms with van der Waals surface area (Å²) in [6, 6.07) is 0.685. The SMILES string of the molecule is Cn1ccnc1NC1CC2CC2C1. The van der Waals surface area contributed by atoms with Crippen LogP contribution in [0.4, 0.5) is 5.95 Å². The molecule has 2 aliphatic rings. The van der Waals surface area contributed by atoms with Crippen molar-refractivity contribution in [3.8, 4) is 0 Å². The number of rotatable bonds is 2. The van der Waals surface area contributed by atoms with Gasteiger partial charge in [-0.25, -0.2) is 4.98 Å². The first kappa shape index (κ1) is 7.42. The molecule has 70 valence electrons. The number of anilines is 1. The van der Waals surface area contributed by atoms with Crippen LogP contribution in [0.25, 0.3) is 0 Å². The smallest absolute Gasteiger partial charge is 0.202 e. The number of nitrogens with zero attached hydrogens (tertiary/aromatic N) is 2. The molecule has 2 aliphatic carbocycles. The number of hydrogen-bond donors (Lipinski definition) is 1. The second-order valence-corrected chi connectivity index (χ2v) is 4.43. The molecular weight excluding hydrogens is 162 g/mol. The number of hydrogen-bond acceptors (Lipinski definition) is 2. The van der Waals surface area contributed by atoms with Crippen LogP contribution in [-0.4, -0.2) is 15.6 Å². The van der Waals surface area contributed by atoms with Crippen molar-refractivity contribution in [2.24, 2.45) is 18.9 Å². The zero-order chi connectivity index (χ0) is 8.84. The molecule has 3 nitrogen and oxygen atoms in total. The molecule has 0 amide bonds. The topological polar surface area (TPSA) is 29.9 Å². The number of imidazole rings is 1. The molecule has 2 unspecified atom stereocenters. The van der Waals surface area contributed by atoms with Crippen LogP contribution in [-0.2, 0) is 7.05 Å². The predicted octanol–water partition coefficient (Wildman–Crippen LogP) is 1.63. The fraction of sp³-hybridized carbons (Fsp3) is 0.700. The van der Waals surface area contributed by atoms with Gasteiger partial charge < -0.3 is 9.88 Å². The molecule has 0 aromatic carbocycles. The molecule has 1 aromatic heterocycles. The van der Waals surface area contributed by atoms with Crippen LogP contribution >= 0.6 is 0 Å². The van der Waals surface area contributed by atoms with Gasteiger partial charge in [0.2, 0.25) is 5.95 Å². The molecule has 0 radical (unpaired) electrons. The molecule has 1 N–H and O–H groups in total. The summed E-state index contributed by atoms with van der Waals surface area (Å²) >= 11 is 0. The van der Waals surface area contributed by atoms with Gasteiger partial charge in [-0.3, -0.25) is 0 Å². The van der Waals surface area contributed by atoms with Crippen molar-refractivity contribution in [1.29, 1.82) is 0 Å². The lowest BCUT2D eigenvalue weighted by molar-refractivity contribution is 0.641. The summed E-state index contributed by atoms with van der Waals surface area (Å²) in [6.07, 6.45) is 8.03. The lowest BCUT2D eigenvalue weighted by atomic mass is 10.2. The van der Waals surface area contributed by atoms with E-state index < -0.39 is 0 Å². The lowest BCUT2D eigenvalue weighted by Crippen LogP contribution is -2.19. The van der Waals surface area contributed by atoms with E-state index in [0.29, 0.717) is 6.04 Å². The van der Waals surface area contributed by atoms with Crippen LogP contribution in [0.15, 0.2) is 12.4 Å². The average Bonchev–Trinajstić information content (AvgIpc) is 2.55. The highest BCUT2D eigenvalue weighted by Gasteiger charge is 2.45. The first-order valence-electron chi connectivity index (χ1n) is 5.07. The third kappa shape index (κ3) is 1.23. The van der Waals surface area contributed by atoms with Gasteiger partial charge in [-0.1, -0.05) is 0 Å². The molecule has 3 rings (SSSR count). The summed E-state index contributed by atoms with van der Waals surface area (Å²) < 4.78 is 2.05. The summed E-state index contributed by atoms with van der Waals surface area (Å²) in [7, 11) is 2.03. The summed E-state index contributed by atoms with van der Waals surface area (Å²) in [6.45, 7) is 0. The summed E-state index contributed by atoms with van der Waals surface area (Å²) in [5.74, 6) is 3.10. The Hall–Kier alpha value is -0.990. The monoisotopic (exact) mass is 177 g/mol. The third-order valence-electron chi connectivity index (χ3n) is 3.40. The Morgan fingerprint density at radius 3 is 2.77 bits per heavy atom. The molecule has 13 heavy (non-hydrogen) atoms. The van der Waals surface area contributed by atoms with Crippen molar-refractivity contribution in [3.05, 3.63) is 12.4 Å². The average molecular weight is 177 g/mol. The van der Waals surface area contributed by atoms with E-state index in [-0.39, 0.29) is 0 Å². The lowest BCUT2D eigenvalue weighted by Gasteiger charge is -2.14. The molecule has 0 saturated heterocycles. The van der Waals surface area contributed by atoms with Gasteiger partial charge in [0.15, 0.2) is 0 Å². The van der Waals surface area contributed by atoms with Crippen molar-refractivity contribution >= 4 is 5.95 Å². The Morgan fingerprint density at radius 2 is 2.15 bits per heavy atom. The van der Waals surface area contributed by atoms with Gasteiger partial charge in [0, 0.05) is 25.5 Å². The molecule has 0 spiro atoms. The van der Waals surface area contributed by atoms with Gasteiger partial charge in [-0.05, 0) is 31.1 Å². The Bertz CT molecular complexity index is 308. The van der Waals surface area contributed by atoms with E-state index in [1.165, 1.54) is 19.3 Å². The zero-order valence-electron chi connectivity index (χ0n) is 7.90. The predicted molar refractivity (Wildman–Crippen MR) is 51.4 cm³/mol. The molecule has 2 atom stereocenters. The Balaban J connectivity index is 1.66. The number of nitrogens with one attached hydrogen (secondary N) is 1. The van der Waals surface area contributed by atoms with Crippen LogP contribution < -0.4 is 5.32 Å². The summed E-state index contributed by atoms with van der Waals surface area (Å²) in [4.78, 5) is 4.27. The maximum absolute atomic E-state index is 4.27. The molecule has 1 heterocycles. The third-order valence-corrected chi connectivity index (χ3v) is 3.40. The van der Waals surface area contributed by atoms with Crippen LogP contribution in [0.2, 0.25) is 0 Å². The van der Waals surface area contributed by atoms with Gasteiger partial charge in [-0.15, -0.1) is 0 Å². The largest absolute Gasteiger partial charge is 0.353 e. The molecule has 2 fully saturated rings. The molecule has 3 heteroatoms. The minimum Gasteiger partial charge on any atom is -0.353 e. The van der Waals surface area contributed by atoms with E-state index in [0.717, 1.165) is 17.8 Å². The van der Waals surface area contributed by atoms with Crippen molar-refractivity contribution < 1.29 is 0 Å². The normalized spacial score (nSPS) is 35.9. The maximum atomic E-state index is 4.27. The Kier molecular flexibility index (Phi) is 1.43. The highest BCUT2D eigenvalue weighted by Crippen LogP contribution is 2.52. The van der Waals surface area contributed by atoms with Crippen LogP contribution in [0.1, 0.15) is 19.3 Å². The van der Waals surface area contributed by atoms with E-state index >= 15 is 0 Å². The highest BCUT2D eigenvalue weighted by atomic mass is 15.2. The highest BCUT2D eigenvalue weighted by molar-refractivity contribution is 5.28. The number of aromatic nitrogens is 2. The second-order valence-electron chi connectivity index (χ2n) is 4.43. The Morgan fingerprint density at radius 1 is 1.38 bits per heavy atom. The van der Waals surface area contributed by atoms with E-state index in [2.05, 4.69) is 10.3 Å². The van der Waals surface area contributed by atoms with Crippen molar-refractivity contribution in [3.63, 3.8) is 0 Å². The number of fused-ring (bicyclic) bond motifs is 1. The fourth-order valence-corrected chi connectivity index (χ4v) is 2.52. The second kappa shape index (κ2) is 2.50. The first-order valence-corrected chi connectivity index (χ1v) is 5.07. The van der Waals surface area contributed by atoms with Gasteiger partial charge in [-0.2, -0.15) is 0 Å². The number of aryl methyl sites for hydroxylation is 1. The van der Waals surface area contributed by atoms with Crippen LogP contribution in [0.5, 0.6) is 0 Å². The quantitative estimate of drug-likeness (QED) is 0.744. The minimum atomic E-state index is 0.685. The molecule has 0 aliphatic heterocycles. The molecular formula is C10H15N3. The summed E-state index contributed by atoms with van der Waals surface area (Å²) in [5, 5.41) is 3.50. The van der Waals surface area contributed by atoms with Crippen LogP contribution in [0.3, 0.4) is 0 Å². The van der Waals surface area contributed by atoms with E-state index in [4.69, 9.17) is 0 Å². The van der Waals surface area contributed by atoms with Crippen LogP contribution in [0, 0.1) is 11.8 Å². The standard InChI is InChI=1S/C10H15N3/c1-13-3-2-11-10(13)12-9-5-7-4-8(7)6-9/h2-3,7-9H,4-6H2,1H3,(H,11,12). The first-order chi connectivity index (χ1) is 6.33. The summed E-state index contributed by atoms with van der Waals surface area (Å²) in [5.41, 5.74) is 0. The van der Waals surface area contributed by atoms with Crippen molar-refractivity contribution in [2.75, 3.05) is 5.32 Å². The van der Waals surface area contributed by atoms with E-state index in [9.17, 15) is 0 Å². The maximum Gasteiger partial charge on any atom is 0.202 e. The fourth-order valence-electron chi connectivity index (χ4n) is 2.52. The van der Waals surface area contributed by atoms with Crippen molar-refractivity contribution in [2.45, 2.75) is 25.3 Å². The van der Waals surface area contributed by atoms with E-state index in [1.54, 1.807) is 0 Å². The molecule has 1 aromatic rings. The van der Waals surface area contributed by atoms with Gasteiger partial charge in [0.25, 0.3) is 0 Å². The van der Waals surface area contributed by atoms with Gasteiger partial charge >= 0.3 is 0 Å². The van der Waals surface area contributed by atoms with Crippen molar-refractivity contribution in [1.82, 2.24) is 9.55 Å². The van der Waals surface area contributed by atoms with Gasteiger partial charge in [0.05, 0.1) is 0 Å². The zero-order valence-corrected chi connectivity index (χ0v) is 7.90. The Labute approximate surface area is 78.2 Å². The van der Waals surface area contributed by atoms with E-state index in [1.807, 2.05) is 24.0 Å². The minimum absolute atomic E-state index is 0.685.